The SMILES string of the molecule is O=C(O)N[C@@H]1C[C@H]2CCC[C@@H](C1)N2Cc1ccccc1. The fourth-order valence-electron chi connectivity index (χ4n) is 3.82. The molecule has 0 spiro atoms. The molecule has 3 atom stereocenters. The van der Waals surface area contributed by atoms with Crippen LogP contribution in [0.2, 0.25) is 0 Å². The maximum absolute atomic E-state index is 10.8. The van der Waals surface area contributed by atoms with Gasteiger partial charge in [0.2, 0.25) is 0 Å². The molecule has 1 aromatic rings. The van der Waals surface area contributed by atoms with Crippen LogP contribution in [0, 0.1) is 0 Å². The third kappa shape index (κ3) is 2.96. The normalized spacial score (nSPS) is 29.9. The van der Waals surface area contributed by atoms with Crippen molar-refractivity contribution in [2.45, 2.75) is 56.8 Å². The van der Waals surface area contributed by atoms with Gasteiger partial charge in [-0.25, -0.2) is 4.79 Å². The van der Waals surface area contributed by atoms with Gasteiger partial charge in [0.15, 0.2) is 0 Å². The maximum Gasteiger partial charge on any atom is 0.404 e. The number of amides is 1. The lowest BCUT2D eigenvalue weighted by molar-refractivity contribution is 0.0183. The van der Waals surface area contributed by atoms with Crippen molar-refractivity contribution in [1.82, 2.24) is 10.2 Å². The highest BCUT2D eigenvalue weighted by Gasteiger charge is 2.38. The highest BCUT2D eigenvalue weighted by Crippen LogP contribution is 2.35. The quantitative estimate of drug-likeness (QED) is 0.891. The van der Waals surface area contributed by atoms with E-state index < -0.39 is 6.09 Å². The monoisotopic (exact) mass is 274 g/mol. The summed E-state index contributed by atoms with van der Waals surface area (Å²) in [7, 11) is 0. The predicted octanol–water partition coefficient (Wildman–Crippen LogP) is 2.84. The number of fused-ring (bicyclic) bond motifs is 2. The molecule has 2 fully saturated rings. The molecule has 1 aromatic carbocycles. The van der Waals surface area contributed by atoms with Gasteiger partial charge in [0.25, 0.3) is 0 Å². The van der Waals surface area contributed by atoms with Crippen molar-refractivity contribution in [3.63, 3.8) is 0 Å². The molecule has 108 valence electrons. The summed E-state index contributed by atoms with van der Waals surface area (Å²) in [5.74, 6) is 0. The van der Waals surface area contributed by atoms with E-state index in [2.05, 4.69) is 34.5 Å². The van der Waals surface area contributed by atoms with E-state index in [1.54, 1.807) is 0 Å². The van der Waals surface area contributed by atoms with Gasteiger partial charge in [-0.15, -0.1) is 0 Å². The lowest BCUT2D eigenvalue weighted by Crippen LogP contribution is -2.56. The van der Waals surface area contributed by atoms with Crippen LogP contribution in [0.1, 0.15) is 37.7 Å². The number of carboxylic acid groups (broad SMARTS) is 1. The van der Waals surface area contributed by atoms with Crippen LogP contribution in [0.4, 0.5) is 4.79 Å². The Balaban J connectivity index is 1.69. The van der Waals surface area contributed by atoms with Gasteiger partial charge in [0.05, 0.1) is 0 Å². The van der Waals surface area contributed by atoms with Crippen molar-refractivity contribution in [3.8, 4) is 0 Å². The van der Waals surface area contributed by atoms with Crippen LogP contribution < -0.4 is 5.32 Å². The summed E-state index contributed by atoms with van der Waals surface area (Å²) in [6.07, 6.45) is 4.69. The highest BCUT2D eigenvalue weighted by atomic mass is 16.4. The zero-order valence-corrected chi connectivity index (χ0v) is 11.7. The van der Waals surface area contributed by atoms with Crippen molar-refractivity contribution < 1.29 is 9.90 Å². The molecule has 0 aromatic heterocycles. The maximum atomic E-state index is 10.8. The topological polar surface area (TPSA) is 52.6 Å². The first-order valence-electron chi connectivity index (χ1n) is 7.51. The molecule has 20 heavy (non-hydrogen) atoms. The van der Waals surface area contributed by atoms with Crippen LogP contribution in [0.5, 0.6) is 0 Å². The fraction of sp³-hybridized carbons (Fsp3) is 0.562. The van der Waals surface area contributed by atoms with E-state index in [1.165, 1.54) is 24.8 Å². The number of rotatable bonds is 3. The molecule has 4 nitrogen and oxygen atoms in total. The Bertz CT molecular complexity index is 449. The van der Waals surface area contributed by atoms with Crippen LogP contribution in [0.25, 0.3) is 0 Å². The number of nitrogens with one attached hydrogen (secondary N) is 1. The molecule has 2 heterocycles. The average molecular weight is 274 g/mol. The number of piperidine rings is 2. The summed E-state index contributed by atoms with van der Waals surface area (Å²) in [5.41, 5.74) is 1.36. The number of benzene rings is 1. The van der Waals surface area contributed by atoms with E-state index >= 15 is 0 Å². The first kappa shape index (κ1) is 13.4. The predicted molar refractivity (Wildman–Crippen MR) is 77.6 cm³/mol. The average Bonchev–Trinajstić information content (AvgIpc) is 2.40. The molecule has 0 saturated carbocycles. The highest BCUT2D eigenvalue weighted by molar-refractivity contribution is 5.64. The van der Waals surface area contributed by atoms with Crippen LogP contribution in [0.15, 0.2) is 30.3 Å². The lowest BCUT2D eigenvalue weighted by atomic mass is 9.81. The van der Waals surface area contributed by atoms with E-state index in [0.717, 1.165) is 19.4 Å². The summed E-state index contributed by atoms with van der Waals surface area (Å²) in [4.78, 5) is 13.4. The molecule has 0 unspecified atom stereocenters. The summed E-state index contributed by atoms with van der Waals surface area (Å²) >= 11 is 0. The Morgan fingerprint density at radius 2 is 1.85 bits per heavy atom. The first-order valence-corrected chi connectivity index (χ1v) is 7.51. The van der Waals surface area contributed by atoms with Crippen LogP contribution in [-0.2, 0) is 6.54 Å². The Morgan fingerprint density at radius 3 is 2.45 bits per heavy atom. The number of hydrogen-bond acceptors (Lipinski definition) is 2. The Hall–Kier alpha value is -1.55. The van der Waals surface area contributed by atoms with Gasteiger partial charge in [0, 0.05) is 24.7 Å². The fourth-order valence-corrected chi connectivity index (χ4v) is 3.82. The number of carbonyl (C=O) groups is 1. The molecular weight excluding hydrogens is 252 g/mol. The molecule has 0 radical (unpaired) electrons. The lowest BCUT2D eigenvalue weighted by Gasteiger charge is -2.49. The molecule has 2 saturated heterocycles. The molecule has 2 aliphatic rings. The van der Waals surface area contributed by atoms with Crippen molar-refractivity contribution in [2.75, 3.05) is 0 Å². The standard InChI is InChI=1S/C16H22N2O2/c19-16(20)17-13-9-14-7-4-8-15(10-13)18(14)11-12-5-2-1-3-6-12/h1-3,5-6,13-15,17H,4,7-11H2,(H,19,20)/t13-,14-,15+. The van der Waals surface area contributed by atoms with Crippen LogP contribution >= 0.6 is 0 Å². The number of nitrogens with zero attached hydrogens (tertiary/aromatic N) is 1. The molecule has 2 aliphatic heterocycles. The van der Waals surface area contributed by atoms with Gasteiger partial charge in [-0.2, -0.15) is 0 Å². The Labute approximate surface area is 119 Å². The van der Waals surface area contributed by atoms with Gasteiger partial charge in [-0.3, -0.25) is 4.90 Å². The van der Waals surface area contributed by atoms with Gasteiger partial charge in [-0.05, 0) is 31.2 Å². The van der Waals surface area contributed by atoms with Crippen molar-refractivity contribution in [2.24, 2.45) is 0 Å². The van der Waals surface area contributed by atoms with Crippen molar-refractivity contribution in [3.05, 3.63) is 35.9 Å². The second kappa shape index (κ2) is 5.83. The van der Waals surface area contributed by atoms with Gasteiger partial charge < -0.3 is 10.4 Å². The van der Waals surface area contributed by atoms with Crippen LogP contribution in [-0.4, -0.2) is 34.2 Å². The second-order valence-electron chi connectivity index (χ2n) is 6.01. The minimum Gasteiger partial charge on any atom is -0.465 e. The van der Waals surface area contributed by atoms with Gasteiger partial charge >= 0.3 is 6.09 Å². The van der Waals surface area contributed by atoms with E-state index in [-0.39, 0.29) is 6.04 Å². The zero-order valence-electron chi connectivity index (χ0n) is 11.7. The minimum atomic E-state index is -0.885. The Kier molecular flexibility index (Phi) is 3.92. The zero-order chi connectivity index (χ0) is 13.9. The van der Waals surface area contributed by atoms with E-state index in [1.807, 2.05) is 6.07 Å². The smallest absolute Gasteiger partial charge is 0.404 e. The molecule has 3 rings (SSSR count). The molecule has 1 amide bonds. The summed E-state index contributed by atoms with van der Waals surface area (Å²) in [5, 5.41) is 11.6. The van der Waals surface area contributed by atoms with Gasteiger partial charge in [0.1, 0.15) is 0 Å². The molecule has 2 N–H and O–H groups in total. The third-order valence-electron chi connectivity index (χ3n) is 4.66. The number of hydrogen-bond donors (Lipinski definition) is 2. The van der Waals surface area contributed by atoms with Crippen molar-refractivity contribution >= 4 is 6.09 Å². The third-order valence-corrected chi connectivity index (χ3v) is 4.66. The summed E-state index contributed by atoms with van der Waals surface area (Å²) in [6, 6.07) is 11.8. The van der Waals surface area contributed by atoms with Crippen LogP contribution in [0.3, 0.4) is 0 Å². The summed E-state index contributed by atoms with van der Waals surface area (Å²) < 4.78 is 0. The van der Waals surface area contributed by atoms with E-state index in [9.17, 15) is 4.79 Å². The molecule has 2 bridgehead atoms. The largest absolute Gasteiger partial charge is 0.465 e. The molecule has 4 heteroatoms. The van der Waals surface area contributed by atoms with E-state index in [0.29, 0.717) is 12.1 Å². The summed E-state index contributed by atoms with van der Waals surface area (Å²) in [6.45, 7) is 0.996. The Morgan fingerprint density at radius 1 is 1.20 bits per heavy atom. The first-order chi connectivity index (χ1) is 9.72. The van der Waals surface area contributed by atoms with Crippen molar-refractivity contribution in [1.29, 1.82) is 0 Å². The second-order valence-corrected chi connectivity index (χ2v) is 6.01. The molecule has 0 aliphatic carbocycles. The minimum absolute atomic E-state index is 0.134. The molecular formula is C16H22N2O2. The van der Waals surface area contributed by atoms with Gasteiger partial charge in [-0.1, -0.05) is 36.8 Å². The van der Waals surface area contributed by atoms with E-state index in [4.69, 9.17) is 5.11 Å².